The minimum absolute atomic E-state index is 0.113. The summed E-state index contributed by atoms with van der Waals surface area (Å²) in [5.74, 6) is -0.794. The molecule has 0 saturated heterocycles. The molecule has 3 amide bonds. The Hall–Kier alpha value is -2.61. The molecule has 1 fully saturated rings. The average Bonchev–Trinajstić information content (AvgIpc) is 2.64. The van der Waals surface area contributed by atoms with Crippen LogP contribution < -0.4 is 10.6 Å². The highest BCUT2D eigenvalue weighted by Gasteiger charge is 2.42. The Kier molecular flexibility index (Phi) is 8.89. The Labute approximate surface area is 197 Å². The number of aliphatic hydroxyl groups excluding tert-OH is 1. The smallest absolute Gasteiger partial charge is 0.408 e. The number of carbonyl (C=O) groups is 3. The molecule has 2 rings (SSSR count). The highest BCUT2D eigenvalue weighted by molar-refractivity contribution is 5.92. The van der Waals surface area contributed by atoms with Crippen molar-refractivity contribution in [2.24, 2.45) is 0 Å². The third-order valence-corrected chi connectivity index (χ3v) is 5.70. The number of hydrogen-bond donors (Lipinski definition) is 3. The molecular formula is C25H39N3O5. The van der Waals surface area contributed by atoms with E-state index in [4.69, 9.17) is 4.74 Å². The summed E-state index contributed by atoms with van der Waals surface area (Å²) in [4.78, 5) is 40.9. The Balaban J connectivity index is 2.44. The lowest BCUT2D eigenvalue weighted by atomic mass is 9.87. The molecule has 0 radical (unpaired) electrons. The number of aliphatic hydroxyl groups is 1. The molecule has 2 atom stereocenters. The van der Waals surface area contributed by atoms with E-state index < -0.39 is 36.3 Å². The minimum Gasteiger partial charge on any atom is -0.444 e. The van der Waals surface area contributed by atoms with E-state index in [-0.39, 0.29) is 18.0 Å². The molecule has 8 nitrogen and oxygen atoms in total. The predicted molar refractivity (Wildman–Crippen MR) is 127 cm³/mol. The van der Waals surface area contributed by atoms with Crippen LogP contribution in [0.2, 0.25) is 0 Å². The standard InChI is InChI=1S/C25H39N3O5/c1-15(2)26-22(30)21(18-12-11-16(3)17(4)13-18)28(19-9-8-10-19)23(31)20(14-29)27-24(32)33-25(5,6)7/h11-13,15,19-21,29H,8-10,14H2,1-7H3,(H,26,30)(H,27,32). The number of alkyl carbamates (subject to hydrolysis) is 1. The number of amides is 3. The summed E-state index contributed by atoms with van der Waals surface area (Å²) < 4.78 is 5.26. The van der Waals surface area contributed by atoms with Crippen molar-refractivity contribution >= 4 is 17.9 Å². The third-order valence-electron chi connectivity index (χ3n) is 5.70. The van der Waals surface area contributed by atoms with E-state index in [1.165, 1.54) is 0 Å². The van der Waals surface area contributed by atoms with E-state index in [1.807, 2.05) is 45.9 Å². The van der Waals surface area contributed by atoms with Gasteiger partial charge in [0.05, 0.1) is 6.61 Å². The highest BCUT2D eigenvalue weighted by atomic mass is 16.6. The van der Waals surface area contributed by atoms with E-state index in [9.17, 15) is 19.5 Å². The molecule has 1 saturated carbocycles. The van der Waals surface area contributed by atoms with Crippen molar-refractivity contribution < 1.29 is 24.2 Å². The lowest BCUT2D eigenvalue weighted by molar-refractivity contribution is -0.148. The Morgan fingerprint density at radius 1 is 1.12 bits per heavy atom. The molecule has 33 heavy (non-hydrogen) atoms. The van der Waals surface area contributed by atoms with Crippen LogP contribution in [-0.2, 0) is 14.3 Å². The molecule has 1 aliphatic carbocycles. The fourth-order valence-electron chi connectivity index (χ4n) is 3.73. The van der Waals surface area contributed by atoms with E-state index in [2.05, 4.69) is 10.6 Å². The minimum atomic E-state index is -1.22. The maximum absolute atomic E-state index is 13.7. The molecule has 184 valence electrons. The van der Waals surface area contributed by atoms with Gasteiger partial charge in [-0.1, -0.05) is 18.2 Å². The van der Waals surface area contributed by atoms with Crippen molar-refractivity contribution in [3.63, 3.8) is 0 Å². The number of carbonyl (C=O) groups excluding carboxylic acids is 3. The summed E-state index contributed by atoms with van der Waals surface area (Å²) in [7, 11) is 0. The van der Waals surface area contributed by atoms with Gasteiger partial charge in [-0.25, -0.2) is 4.79 Å². The van der Waals surface area contributed by atoms with E-state index >= 15 is 0 Å². The fraction of sp³-hybridized carbons (Fsp3) is 0.640. The van der Waals surface area contributed by atoms with Gasteiger partial charge in [-0.05, 0) is 84.4 Å². The average molecular weight is 462 g/mol. The predicted octanol–water partition coefficient (Wildman–Crippen LogP) is 3.14. The number of hydrogen-bond acceptors (Lipinski definition) is 5. The second kappa shape index (κ2) is 11.0. The summed E-state index contributed by atoms with van der Waals surface area (Å²) >= 11 is 0. The molecular weight excluding hydrogens is 422 g/mol. The summed E-state index contributed by atoms with van der Waals surface area (Å²) in [6.45, 7) is 12.2. The summed E-state index contributed by atoms with van der Waals surface area (Å²) in [5.41, 5.74) is 2.05. The molecule has 2 unspecified atom stereocenters. The largest absolute Gasteiger partial charge is 0.444 e. The van der Waals surface area contributed by atoms with Crippen LogP contribution in [0.25, 0.3) is 0 Å². The van der Waals surface area contributed by atoms with E-state index in [1.54, 1.807) is 25.7 Å². The number of benzene rings is 1. The number of nitrogens with one attached hydrogen (secondary N) is 2. The van der Waals surface area contributed by atoms with Crippen LogP contribution in [0.15, 0.2) is 18.2 Å². The zero-order valence-electron chi connectivity index (χ0n) is 20.9. The Morgan fingerprint density at radius 3 is 2.21 bits per heavy atom. The van der Waals surface area contributed by atoms with Crippen LogP contribution in [0.5, 0.6) is 0 Å². The second-order valence-electron chi connectivity index (χ2n) is 10.1. The quantitative estimate of drug-likeness (QED) is 0.551. The van der Waals surface area contributed by atoms with E-state index in [0.29, 0.717) is 5.56 Å². The van der Waals surface area contributed by atoms with Gasteiger partial charge >= 0.3 is 6.09 Å². The van der Waals surface area contributed by atoms with Crippen molar-refractivity contribution in [3.8, 4) is 0 Å². The maximum Gasteiger partial charge on any atom is 0.408 e. The first kappa shape index (κ1) is 26.6. The molecule has 1 aromatic carbocycles. The molecule has 0 aromatic heterocycles. The van der Waals surface area contributed by atoms with Gasteiger partial charge < -0.3 is 25.4 Å². The van der Waals surface area contributed by atoms with Gasteiger partial charge in [0.1, 0.15) is 17.7 Å². The molecule has 1 aliphatic rings. The van der Waals surface area contributed by atoms with Gasteiger partial charge in [0, 0.05) is 12.1 Å². The molecule has 1 aromatic rings. The van der Waals surface area contributed by atoms with Crippen molar-refractivity contribution in [2.45, 2.75) is 97.5 Å². The Morgan fingerprint density at radius 2 is 1.76 bits per heavy atom. The van der Waals surface area contributed by atoms with Gasteiger partial charge in [-0.3, -0.25) is 9.59 Å². The lowest BCUT2D eigenvalue weighted by Gasteiger charge is -2.43. The SMILES string of the molecule is Cc1ccc(C(C(=O)NC(C)C)N(C(=O)C(CO)NC(=O)OC(C)(C)C)C2CCC2)cc1C. The summed E-state index contributed by atoms with van der Waals surface area (Å²) in [6.07, 6.45) is 1.67. The van der Waals surface area contributed by atoms with E-state index in [0.717, 1.165) is 30.4 Å². The van der Waals surface area contributed by atoms with Gasteiger partial charge in [0.2, 0.25) is 11.8 Å². The number of nitrogens with zero attached hydrogens (tertiary/aromatic N) is 1. The fourth-order valence-corrected chi connectivity index (χ4v) is 3.73. The summed E-state index contributed by atoms with van der Waals surface area (Å²) in [6, 6.07) is 3.36. The highest BCUT2D eigenvalue weighted by Crippen LogP contribution is 2.34. The van der Waals surface area contributed by atoms with Gasteiger partial charge in [0.25, 0.3) is 0 Å². The van der Waals surface area contributed by atoms with Crippen LogP contribution >= 0.6 is 0 Å². The Bertz CT molecular complexity index is 858. The van der Waals surface area contributed by atoms with Gasteiger partial charge in [-0.15, -0.1) is 0 Å². The summed E-state index contributed by atoms with van der Waals surface area (Å²) in [5, 5.41) is 15.4. The van der Waals surface area contributed by atoms with Crippen LogP contribution in [0, 0.1) is 13.8 Å². The molecule has 0 aliphatic heterocycles. The van der Waals surface area contributed by atoms with Crippen molar-refractivity contribution in [2.75, 3.05) is 6.61 Å². The van der Waals surface area contributed by atoms with Crippen LogP contribution in [0.4, 0.5) is 4.79 Å². The first-order chi connectivity index (χ1) is 15.3. The van der Waals surface area contributed by atoms with Crippen molar-refractivity contribution in [1.29, 1.82) is 0 Å². The third kappa shape index (κ3) is 7.19. The number of ether oxygens (including phenoxy) is 1. The van der Waals surface area contributed by atoms with Gasteiger partial charge in [-0.2, -0.15) is 0 Å². The molecule has 3 N–H and O–H groups in total. The monoisotopic (exact) mass is 461 g/mol. The number of rotatable bonds is 8. The zero-order chi connectivity index (χ0) is 24.9. The molecule has 0 heterocycles. The number of aryl methyl sites for hydroxylation is 2. The van der Waals surface area contributed by atoms with Crippen LogP contribution in [0.1, 0.15) is 76.6 Å². The molecule has 0 bridgehead atoms. The topological polar surface area (TPSA) is 108 Å². The van der Waals surface area contributed by atoms with Crippen LogP contribution in [-0.4, -0.2) is 58.2 Å². The van der Waals surface area contributed by atoms with Crippen molar-refractivity contribution in [1.82, 2.24) is 15.5 Å². The maximum atomic E-state index is 13.7. The lowest BCUT2D eigenvalue weighted by Crippen LogP contribution is -2.58. The second-order valence-corrected chi connectivity index (χ2v) is 10.1. The van der Waals surface area contributed by atoms with Crippen LogP contribution in [0.3, 0.4) is 0 Å². The van der Waals surface area contributed by atoms with Crippen molar-refractivity contribution in [3.05, 3.63) is 34.9 Å². The first-order valence-corrected chi connectivity index (χ1v) is 11.6. The van der Waals surface area contributed by atoms with Gasteiger partial charge in [0.15, 0.2) is 0 Å². The molecule has 8 heteroatoms. The first-order valence-electron chi connectivity index (χ1n) is 11.6. The molecule has 0 spiro atoms. The normalized spacial score (nSPS) is 15.9. The zero-order valence-corrected chi connectivity index (χ0v) is 20.9.